The first-order valence-electron chi connectivity index (χ1n) is 9.54. The molecule has 3 aromatic rings. The Kier molecular flexibility index (Phi) is 7.20. The topological polar surface area (TPSA) is 38.8 Å². The Labute approximate surface area is 209 Å². The van der Waals surface area contributed by atoms with E-state index in [1.807, 2.05) is 66.7 Å². The van der Waals surface area contributed by atoms with Crippen LogP contribution >= 0.6 is 51.5 Å². The molecule has 8 heteroatoms. The van der Waals surface area contributed by atoms with Gasteiger partial charge in [-0.25, -0.2) is 0 Å². The quantitative estimate of drug-likeness (QED) is 0.244. The molecule has 1 amide bonds. The number of carbonyl (C=O) groups excluding carboxylic acids is 1. The van der Waals surface area contributed by atoms with Gasteiger partial charge in [-0.15, -0.1) is 0 Å². The number of methoxy groups -OCH3 is 1. The lowest BCUT2D eigenvalue weighted by Crippen LogP contribution is -2.27. The molecule has 1 aliphatic heterocycles. The average molecular weight is 547 g/mol. The lowest BCUT2D eigenvalue weighted by atomic mass is 10.1. The summed E-state index contributed by atoms with van der Waals surface area (Å²) in [7, 11) is 1.57. The fraction of sp³-hybridized carbons (Fsp3) is 0.0833. The normalized spacial score (nSPS) is 14.8. The monoisotopic (exact) mass is 545 g/mol. The fourth-order valence-corrected chi connectivity index (χ4v) is 5.03. The zero-order valence-electron chi connectivity index (χ0n) is 16.9. The molecule has 3 aromatic carbocycles. The van der Waals surface area contributed by atoms with Gasteiger partial charge in [0.05, 0.1) is 17.7 Å². The summed E-state index contributed by atoms with van der Waals surface area (Å²) in [5, 5.41) is 0.641. The van der Waals surface area contributed by atoms with E-state index < -0.39 is 0 Å². The summed E-state index contributed by atoms with van der Waals surface area (Å²) in [5.41, 5.74) is 2.40. The van der Waals surface area contributed by atoms with Gasteiger partial charge < -0.3 is 9.47 Å². The zero-order valence-corrected chi connectivity index (χ0v) is 20.9. The third kappa shape index (κ3) is 4.86. The number of rotatable bonds is 6. The molecule has 0 bridgehead atoms. The Balaban J connectivity index is 1.59. The van der Waals surface area contributed by atoms with Crippen molar-refractivity contribution in [2.45, 2.75) is 6.61 Å². The largest absolute Gasteiger partial charge is 0.493 e. The molecular formula is C24H17BrClNO3S2. The molecule has 4 nitrogen and oxygen atoms in total. The number of carbonyl (C=O) groups is 1. The third-order valence-corrected chi connectivity index (χ3v) is 7.08. The number of anilines is 1. The second-order valence-corrected chi connectivity index (χ2v) is 9.69. The number of halogens is 2. The number of thiocarbonyl (C=S) groups is 1. The Morgan fingerprint density at radius 2 is 1.81 bits per heavy atom. The fourth-order valence-electron chi connectivity index (χ4n) is 3.11. The highest BCUT2D eigenvalue weighted by Crippen LogP contribution is 2.39. The van der Waals surface area contributed by atoms with Crippen LogP contribution in [-0.2, 0) is 11.4 Å². The van der Waals surface area contributed by atoms with Gasteiger partial charge in [-0.2, -0.15) is 0 Å². The van der Waals surface area contributed by atoms with E-state index in [0.717, 1.165) is 21.3 Å². The van der Waals surface area contributed by atoms with Crippen molar-refractivity contribution in [1.29, 1.82) is 0 Å². The summed E-state index contributed by atoms with van der Waals surface area (Å²) in [6.07, 6.45) is 1.80. The van der Waals surface area contributed by atoms with Gasteiger partial charge >= 0.3 is 0 Å². The van der Waals surface area contributed by atoms with Gasteiger partial charge in [0.1, 0.15) is 6.61 Å². The van der Waals surface area contributed by atoms with Crippen LogP contribution in [0.25, 0.3) is 6.08 Å². The Bertz CT molecular complexity index is 1220. The van der Waals surface area contributed by atoms with E-state index in [4.69, 9.17) is 33.3 Å². The predicted octanol–water partition coefficient (Wildman–Crippen LogP) is 7.10. The molecule has 1 fully saturated rings. The third-order valence-electron chi connectivity index (χ3n) is 4.72. The van der Waals surface area contributed by atoms with Gasteiger partial charge in [0, 0.05) is 15.1 Å². The number of benzene rings is 3. The Morgan fingerprint density at radius 3 is 2.53 bits per heavy atom. The van der Waals surface area contributed by atoms with E-state index in [-0.39, 0.29) is 5.91 Å². The molecule has 0 atom stereocenters. The van der Waals surface area contributed by atoms with E-state index >= 15 is 0 Å². The maximum absolute atomic E-state index is 13.0. The number of nitrogens with zero attached hydrogens (tertiary/aromatic N) is 1. The molecule has 32 heavy (non-hydrogen) atoms. The molecule has 1 saturated heterocycles. The van der Waals surface area contributed by atoms with E-state index in [1.54, 1.807) is 13.2 Å². The van der Waals surface area contributed by atoms with Gasteiger partial charge in [-0.1, -0.05) is 87.9 Å². The van der Waals surface area contributed by atoms with Crippen molar-refractivity contribution < 1.29 is 14.3 Å². The summed E-state index contributed by atoms with van der Waals surface area (Å²) in [6.45, 7) is 0.303. The van der Waals surface area contributed by atoms with E-state index in [9.17, 15) is 4.79 Å². The van der Waals surface area contributed by atoms with Crippen molar-refractivity contribution in [3.05, 3.63) is 92.3 Å². The second kappa shape index (κ2) is 10.1. The number of hydrogen-bond donors (Lipinski definition) is 0. The Hall–Kier alpha value is -2.32. The van der Waals surface area contributed by atoms with Gasteiger partial charge in [-0.3, -0.25) is 9.69 Å². The summed E-state index contributed by atoms with van der Waals surface area (Å²) in [5.74, 6) is 0.953. The SMILES string of the molecule is COc1cc(/C=C2/SC(=S)N(c3ccccc3)C2=O)c(Br)cc1OCc1ccccc1Cl. The zero-order chi connectivity index (χ0) is 22.7. The number of ether oxygens (including phenoxy) is 2. The van der Waals surface area contributed by atoms with Crippen LogP contribution in [0.4, 0.5) is 5.69 Å². The van der Waals surface area contributed by atoms with Gasteiger partial charge in [0.15, 0.2) is 15.8 Å². The van der Waals surface area contributed by atoms with Crippen LogP contribution in [0.1, 0.15) is 11.1 Å². The van der Waals surface area contributed by atoms with Gasteiger partial charge in [-0.05, 0) is 42.0 Å². The number of amides is 1. The highest BCUT2D eigenvalue weighted by Gasteiger charge is 2.33. The van der Waals surface area contributed by atoms with Crippen molar-refractivity contribution in [2.75, 3.05) is 12.0 Å². The molecule has 1 heterocycles. The number of hydrogen-bond acceptors (Lipinski definition) is 5. The molecule has 0 radical (unpaired) electrons. The minimum absolute atomic E-state index is 0.156. The molecule has 1 aliphatic rings. The van der Waals surface area contributed by atoms with Crippen molar-refractivity contribution >= 4 is 73.5 Å². The van der Waals surface area contributed by atoms with Crippen LogP contribution in [0.3, 0.4) is 0 Å². The van der Waals surface area contributed by atoms with Crippen molar-refractivity contribution in [3.8, 4) is 11.5 Å². The summed E-state index contributed by atoms with van der Waals surface area (Å²) >= 11 is 16.5. The number of para-hydroxylation sites is 1. The second-order valence-electron chi connectivity index (χ2n) is 6.76. The molecule has 0 aromatic heterocycles. The molecular weight excluding hydrogens is 530 g/mol. The Morgan fingerprint density at radius 1 is 1.09 bits per heavy atom. The standard InChI is InChI=1S/C24H17BrClNO3S2/c1-29-20-11-16(18(25)13-21(20)30-14-15-7-5-6-10-19(15)26)12-22-23(28)27(24(31)32-22)17-8-3-2-4-9-17/h2-13H,14H2,1H3/b22-12+. The average Bonchev–Trinajstić information content (AvgIpc) is 3.08. The van der Waals surface area contributed by atoms with E-state index in [2.05, 4.69) is 15.9 Å². The number of thioether (sulfide) groups is 1. The minimum atomic E-state index is -0.156. The highest BCUT2D eigenvalue weighted by atomic mass is 79.9. The molecule has 0 aliphatic carbocycles. The van der Waals surface area contributed by atoms with Crippen molar-refractivity contribution in [3.63, 3.8) is 0 Å². The van der Waals surface area contributed by atoms with Crippen LogP contribution in [0, 0.1) is 0 Å². The molecule has 162 valence electrons. The molecule has 0 N–H and O–H groups in total. The minimum Gasteiger partial charge on any atom is -0.493 e. The van der Waals surface area contributed by atoms with Crippen LogP contribution in [0.2, 0.25) is 5.02 Å². The first-order valence-corrected chi connectivity index (χ1v) is 11.9. The van der Waals surface area contributed by atoms with Crippen LogP contribution in [-0.4, -0.2) is 17.3 Å². The lowest BCUT2D eigenvalue weighted by Gasteiger charge is -2.14. The van der Waals surface area contributed by atoms with Crippen molar-refractivity contribution in [1.82, 2.24) is 0 Å². The maximum Gasteiger partial charge on any atom is 0.270 e. The van der Waals surface area contributed by atoms with Crippen LogP contribution in [0.15, 0.2) is 76.1 Å². The first-order chi connectivity index (χ1) is 15.5. The molecule has 0 unspecified atom stereocenters. The van der Waals surface area contributed by atoms with E-state index in [0.29, 0.717) is 32.4 Å². The van der Waals surface area contributed by atoms with E-state index in [1.165, 1.54) is 16.7 Å². The summed E-state index contributed by atoms with van der Waals surface area (Å²) in [6, 6.07) is 20.5. The molecule has 4 rings (SSSR count). The highest BCUT2D eigenvalue weighted by molar-refractivity contribution is 9.10. The first kappa shape index (κ1) is 22.9. The van der Waals surface area contributed by atoms with Crippen LogP contribution < -0.4 is 14.4 Å². The van der Waals surface area contributed by atoms with Crippen molar-refractivity contribution in [2.24, 2.45) is 0 Å². The predicted molar refractivity (Wildman–Crippen MR) is 139 cm³/mol. The van der Waals surface area contributed by atoms with Gasteiger partial charge in [0.25, 0.3) is 5.91 Å². The molecule has 0 spiro atoms. The summed E-state index contributed by atoms with van der Waals surface area (Å²) in [4.78, 5) is 15.1. The lowest BCUT2D eigenvalue weighted by molar-refractivity contribution is -0.113. The summed E-state index contributed by atoms with van der Waals surface area (Å²) < 4.78 is 12.7. The van der Waals surface area contributed by atoms with Crippen LogP contribution in [0.5, 0.6) is 11.5 Å². The van der Waals surface area contributed by atoms with Gasteiger partial charge in [0.2, 0.25) is 0 Å². The maximum atomic E-state index is 13.0. The smallest absolute Gasteiger partial charge is 0.270 e. The molecule has 0 saturated carbocycles.